The number of anilines is 2. The second-order valence-corrected chi connectivity index (χ2v) is 9.33. The fraction of sp³-hybridized carbons (Fsp3) is 0.185. The Morgan fingerprint density at radius 1 is 0.971 bits per heavy atom. The highest BCUT2D eigenvalue weighted by Gasteiger charge is 2.17. The standard InChI is InChI=1S/C27H26N4O3S/c1-17(2)31-26(34)21-12-5-7-14-23(21)30-27(31)35-16-24(32)29-22-13-6-4-11-20(22)25(33)28-19-10-8-9-18(3)15-19/h4-15,17H,16H2,1-3H3,(H,28,33)(H,29,32). The van der Waals surface area contributed by atoms with Crippen molar-refractivity contribution in [1.29, 1.82) is 0 Å². The summed E-state index contributed by atoms with van der Waals surface area (Å²) in [6.07, 6.45) is 0. The molecule has 0 saturated heterocycles. The average molecular weight is 487 g/mol. The fourth-order valence-electron chi connectivity index (χ4n) is 3.71. The van der Waals surface area contributed by atoms with Gasteiger partial charge >= 0.3 is 0 Å². The molecule has 0 aliphatic carbocycles. The van der Waals surface area contributed by atoms with Crippen molar-refractivity contribution in [3.05, 3.63) is 94.3 Å². The van der Waals surface area contributed by atoms with Crippen molar-refractivity contribution in [2.45, 2.75) is 32.0 Å². The molecule has 0 saturated carbocycles. The van der Waals surface area contributed by atoms with Crippen molar-refractivity contribution in [3.8, 4) is 0 Å². The SMILES string of the molecule is Cc1cccc(NC(=O)c2ccccc2NC(=O)CSc2nc3ccccc3c(=O)n2C(C)C)c1. The number of aryl methyl sites for hydroxylation is 1. The van der Waals surface area contributed by atoms with E-state index >= 15 is 0 Å². The molecule has 8 heteroatoms. The molecule has 4 rings (SSSR count). The molecule has 1 aromatic heterocycles. The van der Waals surface area contributed by atoms with Gasteiger partial charge in [0.1, 0.15) is 0 Å². The highest BCUT2D eigenvalue weighted by Crippen LogP contribution is 2.22. The number of aromatic nitrogens is 2. The Morgan fingerprint density at radius 2 is 1.71 bits per heavy atom. The van der Waals surface area contributed by atoms with E-state index in [1.807, 2.05) is 57.2 Å². The van der Waals surface area contributed by atoms with Gasteiger partial charge in [-0.2, -0.15) is 0 Å². The smallest absolute Gasteiger partial charge is 0.262 e. The number of hydrogen-bond donors (Lipinski definition) is 2. The second-order valence-electron chi connectivity index (χ2n) is 8.39. The zero-order valence-electron chi connectivity index (χ0n) is 19.7. The van der Waals surface area contributed by atoms with Gasteiger partial charge in [0.2, 0.25) is 5.91 Å². The molecule has 2 amide bonds. The van der Waals surface area contributed by atoms with Crippen LogP contribution in [0.4, 0.5) is 11.4 Å². The highest BCUT2D eigenvalue weighted by atomic mass is 32.2. The number of nitrogens with one attached hydrogen (secondary N) is 2. The minimum absolute atomic E-state index is 0.0331. The topological polar surface area (TPSA) is 93.1 Å². The zero-order chi connectivity index (χ0) is 24.9. The van der Waals surface area contributed by atoms with Crippen LogP contribution in [0.1, 0.15) is 35.8 Å². The van der Waals surface area contributed by atoms with Crippen molar-refractivity contribution in [2.24, 2.45) is 0 Å². The van der Waals surface area contributed by atoms with Crippen LogP contribution in [0, 0.1) is 6.92 Å². The maximum Gasteiger partial charge on any atom is 0.262 e. The van der Waals surface area contributed by atoms with Gasteiger partial charge < -0.3 is 10.6 Å². The van der Waals surface area contributed by atoms with Crippen LogP contribution >= 0.6 is 11.8 Å². The van der Waals surface area contributed by atoms with Gasteiger partial charge in [0.25, 0.3) is 11.5 Å². The maximum absolute atomic E-state index is 13.0. The monoisotopic (exact) mass is 486 g/mol. The Hall–Kier alpha value is -3.91. The summed E-state index contributed by atoms with van der Waals surface area (Å²) in [5, 5.41) is 6.71. The van der Waals surface area contributed by atoms with E-state index in [-0.39, 0.29) is 29.2 Å². The van der Waals surface area contributed by atoms with Gasteiger partial charge in [0.15, 0.2) is 5.16 Å². The van der Waals surface area contributed by atoms with Crippen molar-refractivity contribution < 1.29 is 9.59 Å². The number of hydrogen-bond acceptors (Lipinski definition) is 5. The van der Waals surface area contributed by atoms with E-state index in [0.29, 0.717) is 33.0 Å². The van der Waals surface area contributed by atoms with Crippen LogP contribution in [0.3, 0.4) is 0 Å². The van der Waals surface area contributed by atoms with Crippen LogP contribution in [-0.2, 0) is 4.79 Å². The number of thioether (sulfide) groups is 1. The fourth-order valence-corrected chi connectivity index (χ4v) is 4.64. The summed E-state index contributed by atoms with van der Waals surface area (Å²) in [5.41, 5.74) is 2.94. The van der Waals surface area contributed by atoms with E-state index in [0.717, 1.165) is 5.56 Å². The van der Waals surface area contributed by atoms with Crippen LogP contribution in [0.5, 0.6) is 0 Å². The summed E-state index contributed by atoms with van der Waals surface area (Å²) in [5.74, 6) is -0.585. The molecule has 35 heavy (non-hydrogen) atoms. The second kappa shape index (κ2) is 10.6. The van der Waals surface area contributed by atoms with Crippen molar-refractivity contribution in [1.82, 2.24) is 9.55 Å². The molecule has 0 bridgehead atoms. The Bertz CT molecular complexity index is 1460. The van der Waals surface area contributed by atoms with Crippen LogP contribution in [0.25, 0.3) is 10.9 Å². The van der Waals surface area contributed by atoms with Gasteiger partial charge in [-0.3, -0.25) is 19.0 Å². The first-order chi connectivity index (χ1) is 16.8. The number of rotatable bonds is 7. The van der Waals surface area contributed by atoms with Gasteiger partial charge in [0.05, 0.1) is 27.9 Å². The number of fused-ring (bicyclic) bond motifs is 1. The summed E-state index contributed by atoms with van der Waals surface area (Å²) in [7, 11) is 0. The van der Waals surface area contributed by atoms with Gasteiger partial charge in [-0.05, 0) is 62.7 Å². The quantitative estimate of drug-likeness (QED) is 0.274. The molecule has 0 unspecified atom stereocenters. The van der Waals surface area contributed by atoms with Gasteiger partial charge in [-0.25, -0.2) is 4.98 Å². The number of para-hydroxylation sites is 2. The Kier molecular flexibility index (Phi) is 7.31. The highest BCUT2D eigenvalue weighted by molar-refractivity contribution is 7.99. The number of carbonyl (C=O) groups is 2. The lowest BCUT2D eigenvalue weighted by molar-refractivity contribution is -0.113. The molecule has 0 spiro atoms. The predicted octanol–water partition coefficient (Wildman–Crippen LogP) is 5.27. The third kappa shape index (κ3) is 5.60. The predicted molar refractivity (Wildman–Crippen MR) is 141 cm³/mol. The molecule has 0 radical (unpaired) electrons. The third-order valence-electron chi connectivity index (χ3n) is 5.35. The minimum Gasteiger partial charge on any atom is -0.325 e. The van der Waals surface area contributed by atoms with E-state index in [1.54, 1.807) is 41.0 Å². The molecular formula is C27H26N4O3S. The summed E-state index contributed by atoms with van der Waals surface area (Å²) in [6, 6.07) is 21.4. The van der Waals surface area contributed by atoms with Crippen molar-refractivity contribution >= 4 is 45.9 Å². The molecule has 0 aliphatic rings. The third-order valence-corrected chi connectivity index (χ3v) is 6.30. The maximum atomic E-state index is 13.0. The zero-order valence-corrected chi connectivity index (χ0v) is 20.6. The Balaban J connectivity index is 1.50. The lowest BCUT2D eigenvalue weighted by Gasteiger charge is -2.16. The van der Waals surface area contributed by atoms with Crippen molar-refractivity contribution in [2.75, 3.05) is 16.4 Å². The molecular weight excluding hydrogens is 460 g/mol. The van der Waals surface area contributed by atoms with E-state index in [2.05, 4.69) is 15.6 Å². The van der Waals surface area contributed by atoms with Gasteiger partial charge in [0, 0.05) is 11.7 Å². The Morgan fingerprint density at radius 3 is 2.49 bits per heavy atom. The first-order valence-electron chi connectivity index (χ1n) is 11.2. The van der Waals surface area contributed by atoms with E-state index < -0.39 is 0 Å². The summed E-state index contributed by atoms with van der Waals surface area (Å²) >= 11 is 1.19. The molecule has 2 N–H and O–H groups in total. The molecule has 178 valence electrons. The molecule has 3 aromatic carbocycles. The number of amides is 2. The normalized spacial score (nSPS) is 11.0. The molecule has 7 nitrogen and oxygen atoms in total. The number of nitrogens with zero attached hydrogens (tertiary/aromatic N) is 2. The van der Waals surface area contributed by atoms with Crippen molar-refractivity contribution in [3.63, 3.8) is 0 Å². The largest absolute Gasteiger partial charge is 0.325 e. The van der Waals surface area contributed by atoms with Crippen LogP contribution in [-0.4, -0.2) is 27.1 Å². The van der Waals surface area contributed by atoms with Gasteiger partial charge in [-0.1, -0.05) is 48.2 Å². The van der Waals surface area contributed by atoms with E-state index in [9.17, 15) is 14.4 Å². The van der Waals surface area contributed by atoms with E-state index in [4.69, 9.17) is 0 Å². The number of benzene rings is 3. The minimum atomic E-state index is -0.316. The first kappa shape index (κ1) is 24.2. The molecule has 4 aromatic rings. The molecule has 1 heterocycles. The molecule has 0 fully saturated rings. The lowest BCUT2D eigenvalue weighted by Crippen LogP contribution is -2.26. The summed E-state index contributed by atoms with van der Waals surface area (Å²) < 4.78 is 1.60. The number of carbonyl (C=O) groups excluding carboxylic acids is 2. The van der Waals surface area contributed by atoms with Crippen LogP contribution < -0.4 is 16.2 Å². The van der Waals surface area contributed by atoms with Crippen LogP contribution in [0.15, 0.2) is 82.7 Å². The lowest BCUT2D eigenvalue weighted by atomic mass is 10.1. The first-order valence-corrected chi connectivity index (χ1v) is 12.2. The average Bonchev–Trinajstić information content (AvgIpc) is 2.83. The molecule has 0 atom stereocenters. The summed E-state index contributed by atoms with van der Waals surface area (Å²) in [6.45, 7) is 5.76. The summed E-state index contributed by atoms with van der Waals surface area (Å²) in [4.78, 5) is 43.3. The van der Waals surface area contributed by atoms with Crippen LogP contribution in [0.2, 0.25) is 0 Å². The van der Waals surface area contributed by atoms with Gasteiger partial charge in [-0.15, -0.1) is 0 Å². The van der Waals surface area contributed by atoms with E-state index in [1.165, 1.54) is 11.8 Å². The Labute approximate surface area is 207 Å². The molecule has 0 aliphatic heterocycles.